The van der Waals surface area contributed by atoms with E-state index in [0.717, 1.165) is 0 Å². The van der Waals surface area contributed by atoms with E-state index >= 15 is 0 Å². The summed E-state index contributed by atoms with van der Waals surface area (Å²) < 4.78 is 31.7. The van der Waals surface area contributed by atoms with E-state index in [-0.39, 0.29) is 6.61 Å². The lowest BCUT2D eigenvalue weighted by atomic mass is 10.0. The summed E-state index contributed by atoms with van der Waals surface area (Å²) in [5.74, 6) is -2.42. The molecule has 2 aliphatic heterocycles. The molecule has 0 aromatic heterocycles. The lowest BCUT2D eigenvalue weighted by molar-refractivity contribution is -0.278. The van der Waals surface area contributed by atoms with Crippen molar-refractivity contribution in [3.63, 3.8) is 0 Å². The van der Waals surface area contributed by atoms with Gasteiger partial charge in [-0.15, -0.1) is 0 Å². The zero-order valence-corrected chi connectivity index (χ0v) is 14.3. The van der Waals surface area contributed by atoms with E-state index in [0.29, 0.717) is 0 Å². The fourth-order valence-corrected chi connectivity index (χ4v) is 2.79. The van der Waals surface area contributed by atoms with Gasteiger partial charge >= 0.3 is 23.9 Å². The maximum Gasteiger partial charge on any atom is 0.303 e. The third-order valence-corrected chi connectivity index (χ3v) is 3.56. The van der Waals surface area contributed by atoms with Crippen LogP contribution in [0.15, 0.2) is 0 Å². The predicted octanol–water partition coefficient (Wildman–Crippen LogP) is -0.532. The van der Waals surface area contributed by atoms with Crippen molar-refractivity contribution in [3.05, 3.63) is 0 Å². The number of carbonyl (C=O) groups excluding carboxylic acids is 4. The van der Waals surface area contributed by atoms with Gasteiger partial charge in [-0.1, -0.05) is 0 Å². The molecule has 10 heteroatoms. The van der Waals surface area contributed by atoms with Crippen molar-refractivity contribution >= 4 is 23.9 Å². The van der Waals surface area contributed by atoms with Crippen LogP contribution in [0.25, 0.3) is 0 Å². The molecule has 2 aliphatic rings. The van der Waals surface area contributed by atoms with E-state index in [1.807, 2.05) is 0 Å². The molecule has 2 rings (SSSR count). The first kappa shape index (κ1) is 19.1. The van der Waals surface area contributed by atoms with E-state index in [9.17, 15) is 19.2 Å². The molecule has 25 heavy (non-hydrogen) atoms. The average molecular weight is 360 g/mol. The highest BCUT2D eigenvalue weighted by Gasteiger charge is 2.60. The van der Waals surface area contributed by atoms with Crippen LogP contribution in [0.2, 0.25) is 0 Å². The molecule has 0 radical (unpaired) electrons. The summed E-state index contributed by atoms with van der Waals surface area (Å²) in [5.41, 5.74) is 0. The molecule has 6 atom stereocenters. The van der Waals surface area contributed by atoms with Crippen LogP contribution >= 0.6 is 0 Å². The summed E-state index contributed by atoms with van der Waals surface area (Å²) in [6.07, 6.45) is -5.93. The summed E-state index contributed by atoms with van der Waals surface area (Å²) in [7, 11) is 0. The Labute approximate surface area is 143 Å². The number of ether oxygens (including phenoxy) is 6. The highest BCUT2D eigenvalue weighted by Crippen LogP contribution is 2.37. The van der Waals surface area contributed by atoms with E-state index in [1.54, 1.807) is 0 Å². The molecule has 0 spiro atoms. The molecule has 2 heterocycles. The van der Waals surface area contributed by atoms with Gasteiger partial charge in [0.05, 0.1) is 0 Å². The quantitative estimate of drug-likeness (QED) is 0.467. The van der Waals surface area contributed by atoms with E-state index in [2.05, 4.69) is 0 Å². The van der Waals surface area contributed by atoms with Gasteiger partial charge in [-0.05, 0) is 0 Å². The molecule has 140 valence electrons. The average Bonchev–Trinajstić information content (AvgIpc) is 2.73. The Morgan fingerprint density at radius 1 is 0.720 bits per heavy atom. The third-order valence-electron chi connectivity index (χ3n) is 3.56. The van der Waals surface area contributed by atoms with Crippen molar-refractivity contribution < 1.29 is 47.6 Å². The molecule has 0 saturated carbocycles. The molecule has 0 amide bonds. The Hall–Kier alpha value is -2.20. The van der Waals surface area contributed by atoms with Crippen LogP contribution < -0.4 is 0 Å². The molecular formula is C15H20O10. The van der Waals surface area contributed by atoms with Crippen molar-refractivity contribution in [1.29, 1.82) is 0 Å². The Bertz CT molecular complexity index is 559. The second-order valence-electron chi connectivity index (χ2n) is 5.67. The number of hydrogen-bond acceptors (Lipinski definition) is 10. The summed E-state index contributed by atoms with van der Waals surface area (Å²) >= 11 is 0. The van der Waals surface area contributed by atoms with Gasteiger partial charge in [-0.25, -0.2) is 0 Å². The number of rotatable bonds is 5. The maximum atomic E-state index is 11.4. The van der Waals surface area contributed by atoms with Crippen LogP contribution in [0.4, 0.5) is 0 Å². The minimum atomic E-state index is -1.05. The van der Waals surface area contributed by atoms with Crippen molar-refractivity contribution in [2.75, 3.05) is 6.61 Å². The van der Waals surface area contributed by atoms with Crippen molar-refractivity contribution in [2.24, 2.45) is 0 Å². The Balaban J connectivity index is 2.27. The van der Waals surface area contributed by atoms with Gasteiger partial charge in [0.1, 0.15) is 18.8 Å². The topological polar surface area (TPSA) is 124 Å². The lowest BCUT2D eigenvalue weighted by Gasteiger charge is -2.35. The standard InChI is InChI=1S/C15H20O10/c1-6(16)20-5-10-11(21-7(2)17)12-13(22-8(3)18)14(23-9(4)19)15(24-10)25-12/h10-15H,5H2,1-4H3/t10-,11-,12+,13+,14+,15+/m1/s1. The van der Waals surface area contributed by atoms with Crippen LogP contribution in [0.1, 0.15) is 27.7 Å². The molecule has 0 unspecified atom stereocenters. The highest BCUT2D eigenvalue weighted by atomic mass is 16.8. The van der Waals surface area contributed by atoms with Crippen LogP contribution in [-0.4, -0.2) is 67.3 Å². The molecule has 0 aromatic carbocycles. The summed E-state index contributed by atoms with van der Waals surface area (Å²) in [6.45, 7) is 4.58. The molecule has 2 saturated heterocycles. The van der Waals surface area contributed by atoms with Crippen molar-refractivity contribution in [1.82, 2.24) is 0 Å². The van der Waals surface area contributed by atoms with Crippen molar-refractivity contribution in [3.8, 4) is 0 Å². The van der Waals surface area contributed by atoms with Crippen LogP contribution in [0, 0.1) is 0 Å². The Kier molecular flexibility index (Phi) is 5.96. The minimum absolute atomic E-state index is 0.205. The van der Waals surface area contributed by atoms with Gasteiger partial charge in [-0.3, -0.25) is 19.2 Å². The Morgan fingerprint density at radius 2 is 1.24 bits per heavy atom. The summed E-state index contributed by atoms with van der Waals surface area (Å²) in [5, 5.41) is 0. The molecular weight excluding hydrogens is 340 g/mol. The zero-order valence-electron chi connectivity index (χ0n) is 14.3. The van der Waals surface area contributed by atoms with Gasteiger partial charge in [-0.2, -0.15) is 0 Å². The first-order chi connectivity index (χ1) is 11.7. The smallest absolute Gasteiger partial charge is 0.303 e. The largest absolute Gasteiger partial charge is 0.463 e. The van der Waals surface area contributed by atoms with Gasteiger partial charge in [0.15, 0.2) is 24.6 Å². The first-order valence-corrected chi connectivity index (χ1v) is 7.65. The van der Waals surface area contributed by atoms with Gasteiger partial charge in [0, 0.05) is 27.7 Å². The molecule has 10 nitrogen and oxygen atoms in total. The number of carbonyl (C=O) groups is 4. The highest BCUT2D eigenvalue weighted by molar-refractivity contribution is 5.68. The first-order valence-electron chi connectivity index (χ1n) is 7.65. The lowest BCUT2D eigenvalue weighted by Crippen LogP contribution is -2.52. The fraction of sp³-hybridized carbons (Fsp3) is 0.733. The van der Waals surface area contributed by atoms with Gasteiger partial charge in [0.2, 0.25) is 0 Å². The molecule has 2 bridgehead atoms. The summed E-state index contributed by atoms with van der Waals surface area (Å²) in [4.78, 5) is 45.2. The van der Waals surface area contributed by atoms with E-state index in [1.165, 1.54) is 27.7 Å². The van der Waals surface area contributed by atoms with Crippen LogP contribution in [0.3, 0.4) is 0 Å². The van der Waals surface area contributed by atoms with Gasteiger partial charge in [0.25, 0.3) is 0 Å². The SMILES string of the molecule is CC(=O)OC[C@H]1O[C@H]2O[C@H]([C@H](OC(C)=O)[C@@H]2OC(C)=O)[C@@H]1OC(C)=O. The maximum absolute atomic E-state index is 11.4. The van der Waals surface area contributed by atoms with Crippen LogP contribution in [-0.2, 0) is 47.6 Å². The third kappa shape index (κ3) is 4.67. The Morgan fingerprint density at radius 3 is 1.76 bits per heavy atom. The second-order valence-corrected chi connectivity index (χ2v) is 5.67. The monoisotopic (exact) mass is 360 g/mol. The van der Waals surface area contributed by atoms with E-state index < -0.39 is 60.7 Å². The summed E-state index contributed by atoms with van der Waals surface area (Å²) in [6, 6.07) is 0. The molecule has 0 aliphatic carbocycles. The molecule has 2 fully saturated rings. The zero-order chi connectivity index (χ0) is 18.7. The van der Waals surface area contributed by atoms with Gasteiger partial charge < -0.3 is 28.4 Å². The normalized spacial score (nSPS) is 33.3. The predicted molar refractivity (Wildman–Crippen MR) is 76.8 cm³/mol. The van der Waals surface area contributed by atoms with Crippen LogP contribution in [0.5, 0.6) is 0 Å². The second kappa shape index (κ2) is 7.79. The number of esters is 4. The minimum Gasteiger partial charge on any atom is -0.463 e. The fourth-order valence-electron chi connectivity index (χ4n) is 2.79. The molecule has 0 aromatic rings. The van der Waals surface area contributed by atoms with Crippen molar-refractivity contribution in [2.45, 2.75) is 64.5 Å². The number of fused-ring (bicyclic) bond motifs is 2. The van der Waals surface area contributed by atoms with E-state index in [4.69, 9.17) is 28.4 Å². The number of hydrogen-bond donors (Lipinski definition) is 0. The molecule has 0 N–H and O–H groups in total.